The molecule has 24 heavy (non-hydrogen) atoms. The third-order valence-electron chi connectivity index (χ3n) is 3.28. The van der Waals surface area contributed by atoms with Gasteiger partial charge in [0.05, 0.1) is 24.9 Å². The SMILES string of the molecule is CCCNC(=O)c1cc(Nc2cc(OC)c(Cl)cc2OC)ccn1. The molecule has 0 spiro atoms. The summed E-state index contributed by atoms with van der Waals surface area (Å²) < 4.78 is 10.6. The number of amides is 1. The van der Waals surface area contributed by atoms with Crippen LogP contribution in [0.4, 0.5) is 11.4 Å². The Morgan fingerprint density at radius 2 is 1.96 bits per heavy atom. The molecule has 0 saturated heterocycles. The van der Waals surface area contributed by atoms with Crippen LogP contribution in [0.5, 0.6) is 11.5 Å². The number of benzene rings is 1. The number of nitrogens with zero attached hydrogens (tertiary/aromatic N) is 1. The van der Waals surface area contributed by atoms with E-state index in [0.29, 0.717) is 40.1 Å². The van der Waals surface area contributed by atoms with E-state index in [4.69, 9.17) is 21.1 Å². The summed E-state index contributed by atoms with van der Waals surface area (Å²) in [4.78, 5) is 16.1. The van der Waals surface area contributed by atoms with E-state index in [1.807, 2.05) is 6.92 Å². The van der Waals surface area contributed by atoms with E-state index in [2.05, 4.69) is 15.6 Å². The van der Waals surface area contributed by atoms with E-state index in [9.17, 15) is 4.79 Å². The largest absolute Gasteiger partial charge is 0.495 e. The number of anilines is 2. The van der Waals surface area contributed by atoms with Gasteiger partial charge in [0.2, 0.25) is 0 Å². The normalized spacial score (nSPS) is 10.2. The minimum absolute atomic E-state index is 0.207. The summed E-state index contributed by atoms with van der Waals surface area (Å²) in [6.07, 6.45) is 2.44. The number of rotatable bonds is 7. The first kappa shape index (κ1) is 17.9. The molecule has 1 aromatic carbocycles. The Bertz CT molecular complexity index is 722. The third-order valence-corrected chi connectivity index (χ3v) is 3.58. The van der Waals surface area contributed by atoms with E-state index in [1.165, 1.54) is 0 Å². The molecule has 1 heterocycles. The fraction of sp³-hybridized carbons (Fsp3) is 0.294. The average molecular weight is 350 g/mol. The van der Waals surface area contributed by atoms with Crippen LogP contribution in [0.25, 0.3) is 0 Å². The van der Waals surface area contributed by atoms with Gasteiger partial charge in [0.15, 0.2) is 0 Å². The summed E-state index contributed by atoms with van der Waals surface area (Å²) in [5.41, 5.74) is 1.72. The summed E-state index contributed by atoms with van der Waals surface area (Å²) in [5.74, 6) is 0.880. The summed E-state index contributed by atoms with van der Waals surface area (Å²) in [6, 6.07) is 6.83. The minimum atomic E-state index is -0.207. The van der Waals surface area contributed by atoms with Gasteiger partial charge in [-0.2, -0.15) is 0 Å². The number of hydrogen-bond acceptors (Lipinski definition) is 5. The molecular weight excluding hydrogens is 330 g/mol. The number of carbonyl (C=O) groups is 1. The molecule has 0 unspecified atom stereocenters. The van der Waals surface area contributed by atoms with Crippen molar-refractivity contribution >= 4 is 28.9 Å². The van der Waals surface area contributed by atoms with Gasteiger partial charge in [-0.15, -0.1) is 0 Å². The molecule has 0 fully saturated rings. The Kier molecular flexibility index (Phi) is 6.26. The van der Waals surface area contributed by atoms with Crippen molar-refractivity contribution in [3.63, 3.8) is 0 Å². The molecule has 0 radical (unpaired) electrons. The molecule has 0 aliphatic carbocycles. The van der Waals surface area contributed by atoms with Crippen molar-refractivity contribution in [3.05, 3.63) is 41.2 Å². The lowest BCUT2D eigenvalue weighted by Gasteiger charge is -2.14. The predicted molar refractivity (Wildman–Crippen MR) is 94.7 cm³/mol. The first-order valence-electron chi connectivity index (χ1n) is 7.51. The van der Waals surface area contributed by atoms with Gasteiger partial charge in [0.1, 0.15) is 17.2 Å². The van der Waals surface area contributed by atoms with E-state index in [0.717, 1.165) is 6.42 Å². The topological polar surface area (TPSA) is 72.5 Å². The molecule has 2 rings (SSSR count). The monoisotopic (exact) mass is 349 g/mol. The molecule has 0 saturated carbocycles. The van der Waals surface area contributed by atoms with Gasteiger partial charge in [-0.25, -0.2) is 0 Å². The van der Waals surface area contributed by atoms with Crippen molar-refractivity contribution in [2.75, 3.05) is 26.1 Å². The Morgan fingerprint density at radius 1 is 1.21 bits per heavy atom. The van der Waals surface area contributed by atoms with Crippen LogP contribution < -0.4 is 20.1 Å². The van der Waals surface area contributed by atoms with Gasteiger partial charge in [-0.1, -0.05) is 18.5 Å². The van der Waals surface area contributed by atoms with Crippen molar-refractivity contribution in [1.29, 1.82) is 0 Å². The van der Waals surface area contributed by atoms with Gasteiger partial charge >= 0.3 is 0 Å². The highest BCUT2D eigenvalue weighted by atomic mass is 35.5. The summed E-state index contributed by atoms with van der Waals surface area (Å²) in [6.45, 7) is 2.60. The van der Waals surface area contributed by atoms with Crippen molar-refractivity contribution < 1.29 is 14.3 Å². The van der Waals surface area contributed by atoms with Crippen LogP contribution in [0.15, 0.2) is 30.5 Å². The molecule has 1 amide bonds. The number of carbonyl (C=O) groups excluding carboxylic acids is 1. The number of halogens is 1. The fourth-order valence-corrected chi connectivity index (χ4v) is 2.31. The Morgan fingerprint density at radius 3 is 2.62 bits per heavy atom. The summed E-state index contributed by atoms with van der Waals surface area (Å²) >= 11 is 6.10. The number of pyridine rings is 1. The lowest BCUT2D eigenvalue weighted by Crippen LogP contribution is -2.24. The highest BCUT2D eigenvalue weighted by Crippen LogP contribution is 2.37. The first-order valence-corrected chi connectivity index (χ1v) is 7.89. The molecule has 128 valence electrons. The summed E-state index contributed by atoms with van der Waals surface area (Å²) in [7, 11) is 3.10. The van der Waals surface area contributed by atoms with E-state index in [-0.39, 0.29) is 5.91 Å². The zero-order valence-corrected chi connectivity index (χ0v) is 14.6. The van der Waals surface area contributed by atoms with E-state index >= 15 is 0 Å². The van der Waals surface area contributed by atoms with E-state index in [1.54, 1.807) is 44.7 Å². The highest BCUT2D eigenvalue weighted by molar-refractivity contribution is 6.32. The second kappa shape index (κ2) is 8.40. The van der Waals surface area contributed by atoms with Crippen LogP contribution in [0.1, 0.15) is 23.8 Å². The van der Waals surface area contributed by atoms with Gasteiger partial charge < -0.3 is 20.1 Å². The van der Waals surface area contributed by atoms with Crippen molar-refractivity contribution in [1.82, 2.24) is 10.3 Å². The molecule has 7 heteroatoms. The quantitative estimate of drug-likeness (QED) is 0.798. The average Bonchev–Trinajstić information content (AvgIpc) is 2.60. The van der Waals surface area contributed by atoms with E-state index < -0.39 is 0 Å². The Labute approximate surface area is 146 Å². The van der Waals surface area contributed by atoms with Crippen molar-refractivity contribution in [2.24, 2.45) is 0 Å². The second-order valence-electron chi connectivity index (χ2n) is 5.00. The van der Waals surface area contributed by atoms with Crippen LogP contribution in [0, 0.1) is 0 Å². The maximum absolute atomic E-state index is 12.0. The predicted octanol–water partition coefficient (Wildman–Crippen LogP) is 3.64. The van der Waals surface area contributed by atoms with Crippen LogP contribution in [0.2, 0.25) is 5.02 Å². The summed E-state index contributed by atoms with van der Waals surface area (Å²) in [5, 5.41) is 6.44. The first-order chi connectivity index (χ1) is 11.6. The van der Waals surface area contributed by atoms with Gasteiger partial charge in [-0.3, -0.25) is 9.78 Å². The molecule has 1 aromatic heterocycles. The molecule has 6 nitrogen and oxygen atoms in total. The Balaban J connectivity index is 2.26. The molecule has 0 aliphatic heterocycles. The molecular formula is C17H20ClN3O3. The lowest BCUT2D eigenvalue weighted by atomic mass is 10.2. The zero-order valence-electron chi connectivity index (χ0n) is 13.9. The Hall–Kier alpha value is -2.47. The number of aromatic nitrogens is 1. The van der Waals surface area contributed by atoms with Crippen LogP contribution in [-0.4, -0.2) is 31.7 Å². The maximum atomic E-state index is 12.0. The molecule has 0 aliphatic rings. The van der Waals surface area contributed by atoms with Gasteiger partial charge in [0.25, 0.3) is 5.91 Å². The lowest BCUT2D eigenvalue weighted by molar-refractivity contribution is 0.0948. The van der Waals surface area contributed by atoms with Crippen molar-refractivity contribution in [3.8, 4) is 11.5 Å². The number of nitrogens with one attached hydrogen (secondary N) is 2. The second-order valence-corrected chi connectivity index (χ2v) is 5.40. The van der Waals surface area contributed by atoms with Crippen LogP contribution >= 0.6 is 11.6 Å². The third kappa shape index (κ3) is 4.29. The molecule has 2 N–H and O–H groups in total. The van der Waals surface area contributed by atoms with Gasteiger partial charge in [-0.05, 0) is 18.6 Å². The fourth-order valence-electron chi connectivity index (χ4n) is 2.08. The number of methoxy groups -OCH3 is 2. The number of ether oxygens (including phenoxy) is 2. The van der Waals surface area contributed by atoms with Crippen molar-refractivity contribution in [2.45, 2.75) is 13.3 Å². The number of hydrogen-bond donors (Lipinski definition) is 2. The van der Waals surface area contributed by atoms with Crippen LogP contribution in [0.3, 0.4) is 0 Å². The minimum Gasteiger partial charge on any atom is -0.495 e. The molecule has 0 bridgehead atoms. The molecule has 2 aromatic rings. The zero-order chi connectivity index (χ0) is 17.5. The maximum Gasteiger partial charge on any atom is 0.269 e. The standard InChI is InChI=1S/C17H20ClN3O3/c1-4-6-20-17(22)14-8-11(5-7-19-14)21-13-10-15(23-2)12(18)9-16(13)24-3/h5,7-10H,4,6H2,1-3H3,(H,19,21)(H,20,22). The molecule has 0 atom stereocenters. The van der Waals surface area contributed by atoms with Gasteiger partial charge in [0, 0.05) is 30.6 Å². The highest BCUT2D eigenvalue weighted by Gasteiger charge is 2.12. The smallest absolute Gasteiger partial charge is 0.269 e. The van der Waals surface area contributed by atoms with Crippen LogP contribution in [-0.2, 0) is 0 Å².